The molecule has 2 heterocycles. The van der Waals surface area contributed by atoms with Crippen molar-refractivity contribution in [3.8, 4) is 11.1 Å². The molecule has 0 aliphatic rings. The topological polar surface area (TPSA) is 75.3 Å². The minimum absolute atomic E-state index is 0.0832. The molecule has 0 saturated carbocycles. The average molecular weight is 330 g/mol. The third kappa shape index (κ3) is 2.76. The number of hydrogen-bond donors (Lipinski definition) is 2. The van der Waals surface area contributed by atoms with Crippen LogP contribution in [0.2, 0.25) is 0 Å². The molecule has 6 heteroatoms. The predicted molar refractivity (Wildman–Crippen MR) is 94.1 cm³/mol. The summed E-state index contributed by atoms with van der Waals surface area (Å²) in [4.78, 5) is 16.9. The summed E-state index contributed by atoms with van der Waals surface area (Å²) < 4.78 is 21.8. The second kappa shape index (κ2) is 5.81. The van der Waals surface area contributed by atoms with Crippen LogP contribution in [0.15, 0.2) is 58.6 Å². The van der Waals surface area contributed by atoms with Gasteiger partial charge in [-0.3, -0.25) is 18.9 Å². The molecule has 5 nitrogen and oxygen atoms in total. The van der Waals surface area contributed by atoms with Gasteiger partial charge in [-0.15, -0.1) is 0 Å². The van der Waals surface area contributed by atoms with Gasteiger partial charge < -0.3 is 4.57 Å². The van der Waals surface area contributed by atoms with Crippen LogP contribution in [-0.4, -0.2) is 24.4 Å². The zero-order chi connectivity index (χ0) is 16.6. The fourth-order valence-electron chi connectivity index (χ4n) is 2.57. The highest BCUT2D eigenvalue weighted by Crippen LogP contribution is 2.48. The molecule has 120 valence electrons. The van der Waals surface area contributed by atoms with Crippen molar-refractivity contribution in [2.75, 3.05) is 5.75 Å². The van der Waals surface area contributed by atoms with Crippen LogP contribution in [-0.2, 0) is 7.05 Å². The first-order valence-corrected chi connectivity index (χ1v) is 8.95. The molecular formula is C17H18N2O3S. The van der Waals surface area contributed by atoms with Gasteiger partial charge in [0.2, 0.25) is 0 Å². The SMILES string of the molecule is CCS(O)(O)c1cccc(-c2cn(C)c(=O)c3ccncc23)c1. The fourth-order valence-corrected chi connectivity index (χ4v) is 3.52. The molecule has 3 aromatic rings. The lowest BCUT2D eigenvalue weighted by Gasteiger charge is -2.31. The number of rotatable bonds is 3. The van der Waals surface area contributed by atoms with E-state index in [1.165, 1.54) is 4.57 Å². The quantitative estimate of drug-likeness (QED) is 0.767. The monoisotopic (exact) mass is 330 g/mol. The van der Waals surface area contributed by atoms with Gasteiger partial charge in [-0.2, -0.15) is 10.6 Å². The lowest BCUT2D eigenvalue weighted by atomic mass is 10.0. The van der Waals surface area contributed by atoms with Crippen LogP contribution in [0.3, 0.4) is 0 Å². The van der Waals surface area contributed by atoms with Crippen molar-refractivity contribution in [2.24, 2.45) is 7.05 Å². The van der Waals surface area contributed by atoms with E-state index in [0.29, 0.717) is 10.3 Å². The summed E-state index contributed by atoms with van der Waals surface area (Å²) in [7, 11) is -1.08. The third-order valence-electron chi connectivity index (χ3n) is 3.91. The Kier molecular flexibility index (Phi) is 3.97. The van der Waals surface area contributed by atoms with Gasteiger partial charge in [0.25, 0.3) is 5.56 Å². The van der Waals surface area contributed by atoms with E-state index < -0.39 is 10.6 Å². The molecule has 1 aromatic carbocycles. The zero-order valence-corrected chi connectivity index (χ0v) is 13.7. The Labute approximate surface area is 135 Å². The minimum Gasteiger partial charge on any atom is -0.317 e. The molecule has 2 N–H and O–H groups in total. The van der Waals surface area contributed by atoms with Crippen molar-refractivity contribution in [3.63, 3.8) is 0 Å². The number of aryl methyl sites for hydroxylation is 1. The van der Waals surface area contributed by atoms with Crippen molar-refractivity contribution < 1.29 is 9.11 Å². The third-order valence-corrected chi connectivity index (χ3v) is 5.72. The number of pyridine rings is 2. The molecule has 3 rings (SSSR count). The van der Waals surface area contributed by atoms with Crippen molar-refractivity contribution in [1.82, 2.24) is 9.55 Å². The van der Waals surface area contributed by atoms with Gasteiger partial charge in [-0.25, -0.2) is 0 Å². The van der Waals surface area contributed by atoms with Gasteiger partial charge in [0, 0.05) is 42.3 Å². The highest BCUT2D eigenvalue weighted by atomic mass is 32.3. The van der Waals surface area contributed by atoms with Gasteiger partial charge in [-0.05, 0) is 30.7 Å². The molecule has 0 spiro atoms. The molecule has 0 radical (unpaired) electrons. The van der Waals surface area contributed by atoms with E-state index in [2.05, 4.69) is 4.98 Å². The lowest BCUT2D eigenvalue weighted by molar-refractivity contribution is 0.488. The molecule has 0 atom stereocenters. The Balaban J connectivity index is 2.28. The summed E-state index contributed by atoms with van der Waals surface area (Å²) in [6, 6.07) is 8.86. The molecule has 0 unspecified atom stereocenters. The maximum Gasteiger partial charge on any atom is 0.258 e. The highest BCUT2D eigenvalue weighted by molar-refractivity contribution is 8.24. The van der Waals surface area contributed by atoms with Gasteiger partial charge in [0.15, 0.2) is 0 Å². The standard InChI is InChI=1S/C17H18N2O3S/c1-3-23(21,22)13-6-4-5-12(9-13)16-11-19(2)17(20)14-7-8-18-10-15(14)16/h4-11,21-22H,3H2,1-2H3. The Bertz CT molecular complexity index is 935. The second-order valence-electron chi connectivity index (χ2n) is 5.36. The fraction of sp³-hybridized carbons (Fsp3) is 0.176. The van der Waals surface area contributed by atoms with Gasteiger partial charge in [0.05, 0.1) is 10.3 Å². The van der Waals surface area contributed by atoms with Crippen LogP contribution >= 0.6 is 10.6 Å². The van der Waals surface area contributed by atoms with E-state index in [0.717, 1.165) is 16.5 Å². The number of aromatic nitrogens is 2. The molecule has 0 fully saturated rings. The predicted octanol–water partition coefficient (Wildman–Crippen LogP) is 3.73. The first-order valence-electron chi connectivity index (χ1n) is 7.24. The van der Waals surface area contributed by atoms with Crippen LogP contribution in [0.25, 0.3) is 21.9 Å². The van der Waals surface area contributed by atoms with Gasteiger partial charge >= 0.3 is 0 Å². The Morgan fingerprint density at radius 3 is 2.74 bits per heavy atom. The summed E-state index contributed by atoms with van der Waals surface area (Å²) in [5.74, 6) is 0.270. The largest absolute Gasteiger partial charge is 0.317 e. The number of benzene rings is 1. The molecule has 23 heavy (non-hydrogen) atoms. The molecular weight excluding hydrogens is 312 g/mol. The Hall–Kier alpha value is -2.15. The van der Waals surface area contributed by atoms with Crippen LogP contribution in [0.4, 0.5) is 0 Å². The molecule has 2 aromatic heterocycles. The number of hydrogen-bond acceptors (Lipinski definition) is 4. The Morgan fingerprint density at radius 1 is 1.22 bits per heavy atom. The van der Waals surface area contributed by atoms with E-state index in [1.54, 1.807) is 56.8 Å². The van der Waals surface area contributed by atoms with Crippen molar-refractivity contribution in [2.45, 2.75) is 11.8 Å². The van der Waals surface area contributed by atoms with Crippen molar-refractivity contribution in [3.05, 3.63) is 59.3 Å². The maximum atomic E-state index is 12.2. The summed E-state index contributed by atoms with van der Waals surface area (Å²) in [6.07, 6.45) is 5.01. The second-order valence-corrected chi connectivity index (χ2v) is 7.75. The van der Waals surface area contributed by atoms with E-state index in [9.17, 15) is 13.9 Å². The Morgan fingerprint density at radius 2 is 2.00 bits per heavy atom. The normalized spacial score (nSPS) is 12.5. The molecule has 0 bridgehead atoms. The molecule has 0 amide bonds. The van der Waals surface area contributed by atoms with E-state index in [4.69, 9.17) is 0 Å². The first-order chi connectivity index (χ1) is 10.9. The van der Waals surface area contributed by atoms with E-state index in [-0.39, 0.29) is 11.3 Å². The van der Waals surface area contributed by atoms with E-state index >= 15 is 0 Å². The summed E-state index contributed by atoms with van der Waals surface area (Å²) >= 11 is 0. The average Bonchev–Trinajstić information content (AvgIpc) is 2.58. The van der Waals surface area contributed by atoms with Crippen LogP contribution in [0.1, 0.15) is 6.92 Å². The lowest BCUT2D eigenvalue weighted by Crippen LogP contribution is -2.16. The van der Waals surface area contributed by atoms with Crippen LogP contribution in [0.5, 0.6) is 0 Å². The molecule has 0 aliphatic heterocycles. The van der Waals surface area contributed by atoms with Crippen LogP contribution in [0, 0.1) is 0 Å². The van der Waals surface area contributed by atoms with Gasteiger partial charge in [0.1, 0.15) is 0 Å². The maximum absolute atomic E-state index is 12.2. The molecule has 0 saturated heterocycles. The molecule has 0 aliphatic carbocycles. The minimum atomic E-state index is -2.78. The summed E-state index contributed by atoms with van der Waals surface area (Å²) in [5, 5.41) is 1.34. The zero-order valence-electron chi connectivity index (χ0n) is 12.9. The van der Waals surface area contributed by atoms with E-state index in [1.807, 2.05) is 6.07 Å². The smallest absolute Gasteiger partial charge is 0.258 e. The van der Waals surface area contributed by atoms with Crippen LogP contribution < -0.4 is 5.56 Å². The number of nitrogens with zero attached hydrogens (tertiary/aromatic N) is 2. The number of fused-ring (bicyclic) bond motifs is 1. The summed E-state index contributed by atoms with van der Waals surface area (Å²) in [5.41, 5.74) is 1.58. The van der Waals surface area contributed by atoms with Crippen molar-refractivity contribution in [1.29, 1.82) is 0 Å². The van der Waals surface area contributed by atoms with Crippen molar-refractivity contribution >= 4 is 21.4 Å². The first kappa shape index (κ1) is 15.7. The summed E-state index contributed by atoms with van der Waals surface area (Å²) in [6.45, 7) is 1.74. The van der Waals surface area contributed by atoms with Gasteiger partial charge in [-0.1, -0.05) is 12.1 Å². The highest BCUT2D eigenvalue weighted by Gasteiger charge is 2.15.